The first kappa shape index (κ1) is 42.4. The quantitative estimate of drug-likeness (QED) is 0.0867. The molecular weight excluding hydrogens is 702 g/mol. The molecule has 6 N–H and O–H groups in total. The molecule has 0 aliphatic rings. The molecule has 10 nitrogen and oxygen atoms in total. The van der Waals surface area contributed by atoms with Crippen LogP contribution in [0.25, 0.3) is 0 Å². The first-order valence-electron chi connectivity index (χ1n) is 15.7. The number of guanidine groups is 4. The first-order valence-corrected chi connectivity index (χ1v) is 17.2. The zero-order valence-electron chi connectivity index (χ0n) is 27.7. The van der Waals surface area contributed by atoms with Gasteiger partial charge >= 0.3 is 0 Å². The number of unbranched alkanes of at least 4 members (excludes halogenated alkanes) is 3. The van der Waals surface area contributed by atoms with E-state index in [1.807, 2.05) is 12.1 Å². The second kappa shape index (κ2) is 23.7. The van der Waals surface area contributed by atoms with Crippen LogP contribution in [0.1, 0.15) is 64.5 Å². The Kier molecular flexibility index (Phi) is 21.3. The molecule has 2 rings (SSSR count). The first-order chi connectivity index (χ1) is 22.1. The number of nitrogens with one attached hydrogen (secondary N) is 2. The Morgan fingerprint density at radius 1 is 0.596 bits per heavy atom. The number of aliphatic imine (C=N–C) groups is 4. The van der Waals surface area contributed by atoms with Gasteiger partial charge in [-0.15, -0.1) is 12.4 Å². The van der Waals surface area contributed by atoms with Crippen LogP contribution in [0.5, 0.6) is 0 Å². The van der Waals surface area contributed by atoms with Gasteiger partial charge < -0.3 is 21.3 Å². The Hall–Kier alpha value is -2.63. The van der Waals surface area contributed by atoms with Gasteiger partial charge in [-0.1, -0.05) is 71.4 Å². The van der Waals surface area contributed by atoms with Gasteiger partial charge in [-0.3, -0.25) is 20.6 Å². The smallest absolute Gasteiger partial charge is 0.200 e. The molecule has 0 spiro atoms. The monoisotopic (exact) mass is 748 g/mol. The largest absolute Gasteiger partial charge is 0.370 e. The summed E-state index contributed by atoms with van der Waals surface area (Å²) in [6, 6.07) is 10.6. The Labute approximate surface area is 306 Å². The molecule has 0 atom stereocenters. The molecule has 0 aliphatic carbocycles. The molecule has 262 valence electrons. The van der Waals surface area contributed by atoms with E-state index < -0.39 is 0 Å². The molecule has 0 aromatic heterocycles. The normalized spacial score (nSPS) is 12.5. The number of nitrogens with two attached hydrogens (primary N) is 2. The van der Waals surface area contributed by atoms with Gasteiger partial charge in [0.15, 0.2) is 11.9 Å². The van der Waals surface area contributed by atoms with Gasteiger partial charge in [0.2, 0.25) is 11.9 Å². The van der Waals surface area contributed by atoms with E-state index in [4.69, 9.17) is 67.9 Å². The van der Waals surface area contributed by atoms with E-state index in [0.717, 1.165) is 63.0 Å². The van der Waals surface area contributed by atoms with Crippen LogP contribution in [0.15, 0.2) is 56.4 Å². The van der Waals surface area contributed by atoms with Crippen LogP contribution in [0.4, 0.5) is 0 Å². The summed E-state index contributed by atoms with van der Waals surface area (Å²) in [4.78, 5) is 22.7. The molecule has 0 radical (unpaired) electrons. The van der Waals surface area contributed by atoms with Crippen LogP contribution in [0, 0.1) is 0 Å². The highest BCUT2D eigenvalue weighted by atomic mass is 35.5. The van der Waals surface area contributed by atoms with Crippen molar-refractivity contribution in [2.45, 2.75) is 66.5 Å². The number of hydrogen-bond acceptors (Lipinski definition) is 4. The fourth-order valence-electron chi connectivity index (χ4n) is 4.38. The second-order valence-electron chi connectivity index (χ2n) is 10.3. The lowest BCUT2D eigenvalue weighted by Gasteiger charge is -2.23. The van der Waals surface area contributed by atoms with Crippen molar-refractivity contribution >= 4 is 82.6 Å². The van der Waals surface area contributed by atoms with E-state index in [1.165, 1.54) is 0 Å². The third-order valence-electron chi connectivity index (χ3n) is 7.06. The molecule has 0 amide bonds. The fourth-order valence-corrected chi connectivity index (χ4v) is 5.32. The highest BCUT2D eigenvalue weighted by Crippen LogP contribution is 2.22. The van der Waals surface area contributed by atoms with Crippen molar-refractivity contribution in [1.29, 1.82) is 0 Å². The predicted octanol–water partition coefficient (Wildman–Crippen LogP) is 7.19. The third-order valence-corrected chi connectivity index (χ3v) is 8.24. The molecule has 0 fully saturated rings. The van der Waals surface area contributed by atoms with Crippen LogP contribution < -0.4 is 22.1 Å². The maximum atomic E-state index is 6.27. The zero-order chi connectivity index (χ0) is 33.9. The van der Waals surface area contributed by atoms with Crippen molar-refractivity contribution in [3.05, 3.63) is 67.6 Å². The third kappa shape index (κ3) is 15.9. The number of benzene rings is 2. The molecule has 47 heavy (non-hydrogen) atoms. The minimum atomic E-state index is 0. The molecule has 0 bridgehead atoms. The summed E-state index contributed by atoms with van der Waals surface area (Å²) in [6.07, 6.45) is 3.95. The Morgan fingerprint density at radius 3 is 1.28 bits per heavy atom. The molecular formula is C32H49Cl5N10. The molecule has 0 heterocycles. The summed E-state index contributed by atoms with van der Waals surface area (Å²) in [5.74, 6) is 1.99. The minimum absolute atomic E-state index is 0. The lowest BCUT2D eigenvalue weighted by molar-refractivity contribution is 0.451. The fraction of sp³-hybridized carbons (Fsp3) is 0.500. The highest BCUT2D eigenvalue weighted by Gasteiger charge is 2.11. The number of nitrogens with zero attached hydrogens (tertiary/aromatic N) is 6. The van der Waals surface area contributed by atoms with Gasteiger partial charge in [-0.05, 0) is 75.9 Å². The SMILES string of the molecule is CCN(CC)C(=NCCCCCCN=C(NC(N)=NCc1ccc(Cl)cc1Cl)N(CC)CC)NC(N)=NCc1ccc(Cl)cc1Cl.Cl. The van der Waals surface area contributed by atoms with E-state index in [2.05, 4.69) is 58.1 Å². The van der Waals surface area contributed by atoms with Crippen molar-refractivity contribution in [2.24, 2.45) is 31.4 Å². The lowest BCUT2D eigenvalue weighted by atomic mass is 10.2. The van der Waals surface area contributed by atoms with Crippen LogP contribution in [-0.4, -0.2) is 72.9 Å². The van der Waals surface area contributed by atoms with Gasteiger partial charge in [0.1, 0.15) is 0 Å². The van der Waals surface area contributed by atoms with Crippen molar-refractivity contribution < 1.29 is 0 Å². The van der Waals surface area contributed by atoms with E-state index in [-0.39, 0.29) is 24.3 Å². The van der Waals surface area contributed by atoms with Crippen molar-refractivity contribution in [3.8, 4) is 0 Å². The van der Waals surface area contributed by atoms with E-state index in [9.17, 15) is 0 Å². The molecule has 2 aromatic rings. The highest BCUT2D eigenvalue weighted by molar-refractivity contribution is 6.35. The van der Waals surface area contributed by atoms with E-state index in [1.54, 1.807) is 24.3 Å². The minimum Gasteiger partial charge on any atom is -0.370 e. The maximum absolute atomic E-state index is 6.27. The summed E-state index contributed by atoms with van der Waals surface area (Å²) in [7, 11) is 0. The lowest BCUT2D eigenvalue weighted by Crippen LogP contribution is -2.47. The summed E-state index contributed by atoms with van der Waals surface area (Å²) in [6.45, 7) is 13.5. The summed E-state index contributed by atoms with van der Waals surface area (Å²) in [5.41, 5.74) is 14.1. The average Bonchev–Trinajstić information content (AvgIpc) is 3.02. The maximum Gasteiger partial charge on any atom is 0.200 e. The average molecular weight is 751 g/mol. The van der Waals surface area contributed by atoms with Crippen LogP contribution in [0.3, 0.4) is 0 Å². The van der Waals surface area contributed by atoms with Gasteiger partial charge in [0.05, 0.1) is 13.1 Å². The molecule has 0 saturated heterocycles. The summed E-state index contributed by atoms with van der Waals surface area (Å²) in [5, 5.41) is 8.63. The zero-order valence-corrected chi connectivity index (χ0v) is 31.5. The number of halogens is 5. The predicted molar refractivity (Wildman–Crippen MR) is 206 cm³/mol. The van der Waals surface area contributed by atoms with Crippen molar-refractivity contribution in [1.82, 2.24) is 20.4 Å². The Bertz CT molecular complexity index is 1240. The van der Waals surface area contributed by atoms with Gasteiger partial charge in [0, 0.05) is 59.4 Å². The van der Waals surface area contributed by atoms with Crippen molar-refractivity contribution in [2.75, 3.05) is 39.3 Å². The van der Waals surface area contributed by atoms with Gasteiger partial charge in [0.25, 0.3) is 0 Å². The molecule has 0 saturated carbocycles. The number of rotatable bonds is 15. The molecule has 2 aromatic carbocycles. The number of hydrogen-bond donors (Lipinski definition) is 4. The topological polar surface area (TPSA) is 132 Å². The molecule has 0 unspecified atom stereocenters. The van der Waals surface area contributed by atoms with E-state index >= 15 is 0 Å². The van der Waals surface area contributed by atoms with E-state index in [0.29, 0.717) is 58.2 Å². The Balaban J connectivity index is 0.0000110. The van der Waals surface area contributed by atoms with Gasteiger partial charge in [-0.2, -0.15) is 0 Å². The standard InChI is InChI=1S/C32H48Cl4N10.ClH/c1-5-45(6-2)31(43-29(37)41-21-23-13-15-25(33)19-27(23)35)39-17-11-9-10-12-18-40-32(46(7-3)8-4)44-30(38)42-22-24-14-16-26(34)20-28(24)36;/h13-16,19-20H,5-12,17-18,21-22H2,1-4H3,(H3,37,39,41,43)(H3,38,40,42,44);1H. The summed E-state index contributed by atoms with van der Waals surface area (Å²) < 4.78 is 0. The second-order valence-corrected chi connectivity index (χ2v) is 12.0. The van der Waals surface area contributed by atoms with Crippen molar-refractivity contribution in [3.63, 3.8) is 0 Å². The summed E-state index contributed by atoms with van der Waals surface area (Å²) >= 11 is 24.5. The molecule has 0 aliphatic heterocycles. The molecule has 15 heteroatoms. The van der Waals surface area contributed by atoms with Gasteiger partial charge in [-0.25, -0.2) is 9.98 Å². The Morgan fingerprint density at radius 2 is 0.957 bits per heavy atom. The van der Waals surface area contributed by atoms with Crippen LogP contribution in [0.2, 0.25) is 20.1 Å². The van der Waals surface area contributed by atoms with Crippen LogP contribution >= 0.6 is 58.8 Å². The van der Waals surface area contributed by atoms with Crippen LogP contribution in [-0.2, 0) is 13.1 Å².